The molecule has 1 aliphatic heterocycles. The fourth-order valence-corrected chi connectivity index (χ4v) is 2.29. The summed E-state index contributed by atoms with van der Waals surface area (Å²) in [6.07, 6.45) is 0. The summed E-state index contributed by atoms with van der Waals surface area (Å²) >= 11 is 0. The van der Waals surface area contributed by atoms with E-state index in [1.54, 1.807) is 0 Å². The van der Waals surface area contributed by atoms with E-state index in [1.165, 1.54) is 11.0 Å². The summed E-state index contributed by atoms with van der Waals surface area (Å²) in [4.78, 5) is 0. The van der Waals surface area contributed by atoms with Crippen molar-refractivity contribution in [3.8, 4) is 0 Å². The van der Waals surface area contributed by atoms with Crippen LogP contribution in [0.3, 0.4) is 0 Å². The van der Waals surface area contributed by atoms with Crippen LogP contribution in [0.4, 0.5) is 0 Å². The zero-order valence-electron chi connectivity index (χ0n) is 8.81. The van der Waals surface area contributed by atoms with Crippen molar-refractivity contribution in [2.24, 2.45) is 5.92 Å². The smallest absolute Gasteiger partial charge is 0.102 e. The van der Waals surface area contributed by atoms with Crippen molar-refractivity contribution in [3.63, 3.8) is 0 Å². The lowest BCUT2D eigenvalue weighted by Crippen LogP contribution is -2.76. The van der Waals surface area contributed by atoms with Crippen molar-refractivity contribution in [1.29, 1.82) is 0 Å². The lowest BCUT2D eigenvalue weighted by molar-refractivity contribution is -1.02. The standard InChI is InChI=1S/C10H22N/c1-8(2)11(6)7-9(3)10(11,4)5/h8-9H,7H2,1-6H3/q+1. The molecule has 0 N–H and O–H groups in total. The molecule has 0 radical (unpaired) electrons. The summed E-state index contributed by atoms with van der Waals surface area (Å²) in [6, 6.07) is 0.765. The van der Waals surface area contributed by atoms with Crippen LogP contribution in [0.2, 0.25) is 0 Å². The molecule has 1 aliphatic rings. The molecule has 1 heterocycles. The van der Waals surface area contributed by atoms with Gasteiger partial charge in [-0.15, -0.1) is 0 Å². The number of hydrogen-bond acceptors (Lipinski definition) is 0. The fraction of sp³-hybridized carbons (Fsp3) is 1.00. The van der Waals surface area contributed by atoms with Crippen LogP contribution in [-0.4, -0.2) is 29.7 Å². The molecular formula is C10H22N+. The molecule has 0 amide bonds. The molecule has 0 aromatic rings. The van der Waals surface area contributed by atoms with E-state index in [2.05, 4.69) is 41.7 Å². The molecule has 66 valence electrons. The molecule has 2 atom stereocenters. The molecule has 0 aliphatic carbocycles. The maximum atomic E-state index is 2.39. The maximum Gasteiger partial charge on any atom is 0.102 e. The SMILES string of the molecule is CC1C[N+](C)(C(C)C)C1(C)C. The van der Waals surface area contributed by atoms with Crippen molar-refractivity contribution in [3.05, 3.63) is 0 Å². The molecule has 0 saturated carbocycles. The van der Waals surface area contributed by atoms with E-state index in [1.807, 2.05) is 0 Å². The van der Waals surface area contributed by atoms with Crippen molar-refractivity contribution in [1.82, 2.24) is 0 Å². The van der Waals surface area contributed by atoms with Crippen LogP contribution in [0, 0.1) is 5.92 Å². The Kier molecular flexibility index (Phi) is 1.83. The first-order chi connectivity index (χ1) is 4.82. The summed E-state index contributed by atoms with van der Waals surface area (Å²) < 4.78 is 1.24. The predicted octanol–water partition coefficient (Wildman–Crippen LogP) is 2.27. The topological polar surface area (TPSA) is 0 Å². The Labute approximate surface area is 71.0 Å². The second-order valence-corrected chi connectivity index (χ2v) is 5.10. The van der Waals surface area contributed by atoms with Gasteiger partial charge in [-0.2, -0.15) is 0 Å². The minimum atomic E-state index is 0.494. The van der Waals surface area contributed by atoms with E-state index >= 15 is 0 Å². The third kappa shape index (κ3) is 0.936. The summed E-state index contributed by atoms with van der Waals surface area (Å²) in [5.74, 6) is 0.884. The monoisotopic (exact) mass is 156 g/mol. The molecule has 1 saturated heterocycles. The highest BCUT2D eigenvalue weighted by Crippen LogP contribution is 2.43. The highest BCUT2D eigenvalue weighted by Gasteiger charge is 2.57. The molecule has 0 spiro atoms. The van der Waals surface area contributed by atoms with Crippen LogP contribution in [-0.2, 0) is 0 Å². The third-order valence-electron chi connectivity index (χ3n) is 4.32. The Bertz CT molecular complexity index is 160. The Hall–Kier alpha value is -0.0400. The first kappa shape index (κ1) is 9.05. The Morgan fingerprint density at radius 3 is 1.91 bits per heavy atom. The highest BCUT2D eigenvalue weighted by atomic mass is 15.5. The van der Waals surface area contributed by atoms with Gasteiger partial charge >= 0.3 is 0 Å². The van der Waals surface area contributed by atoms with Crippen LogP contribution in [0.1, 0.15) is 34.6 Å². The predicted molar refractivity (Wildman–Crippen MR) is 49.4 cm³/mol. The molecule has 11 heavy (non-hydrogen) atoms. The van der Waals surface area contributed by atoms with E-state index in [9.17, 15) is 0 Å². The zero-order valence-corrected chi connectivity index (χ0v) is 8.81. The first-order valence-corrected chi connectivity index (χ1v) is 4.67. The lowest BCUT2D eigenvalue weighted by atomic mass is 9.74. The largest absolute Gasteiger partial charge is 0.319 e. The first-order valence-electron chi connectivity index (χ1n) is 4.67. The van der Waals surface area contributed by atoms with Crippen LogP contribution >= 0.6 is 0 Å². The minimum Gasteiger partial charge on any atom is -0.319 e. The molecule has 1 heteroatoms. The average molecular weight is 156 g/mol. The fourth-order valence-electron chi connectivity index (χ4n) is 2.29. The van der Waals surface area contributed by atoms with Crippen molar-refractivity contribution < 1.29 is 4.48 Å². The van der Waals surface area contributed by atoms with Crippen molar-refractivity contribution >= 4 is 0 Å². The Morgan fingerprint density at radius 2 is 1.82 bits per heavy atom. The van der Waals surface area contributed by atoms with Gasteiger partial charge < -0.3 is 4.48 Å². The number of nitrogens with zero attached hydrogens (tertiary/aromatic N) is 1. The summed E-state index contributed by atoms with van der Waals surface area (Å²) in [6.45, 7) is 13.1. The second-order valence-electron chi connectivity index (χ2n) is 5.10. The number of rotatable bonds is 1. The number of likely N-dealkylation sites (tertiary alicyclic amines) is 1. The van der Waals surface area contributed by atoms with E-state index < -0.39 is 0 Å². The Morgan fingerprint density at radius 1 is 1.36 bits per heavy atom. The zero-order chi connectivity index (χ0) is 8.86. The van der Waals surface area contributed by atoms with Gasteiger partial charge in [0.2, 0.25) is 0 Å². The molecule has 1 fully saturated rings. The highest BCUT2D eigenvalue weighted by molar-refractivity contribution is 4.87. The normalized spacial score (nSPS) is 42.3. The molecular weight excluding hydrogens is 134 g/mol. The second kappa shape index (κ2) is 2.22. The van der Waals surface area contributed by atoms with Gasteiger partial charge in [0.05, 0.1) is 25.6 Å². The molecule has 0 bridgehead atoms. The van der Waals surface area contributed by atoms with E-state index in [4.69, 9.17) is 0 Å². The summed E-state index contributed by atoms with van der Waals surface area (Å²) in [5.41, 5.74) is 0.494. The summed E-state index contributed by atoms with van der Waals surface area (Å²) in [7, 11) is 2.38. The van der Waals surface area contributed by atoms with E-state index in [0.29, 0.717) is 5.54 Å². The number of hydrogen-bond donors (Lipinski definition) is 0. The van der Waals surface area contributed by atoms with Crippen LogP contribution < -0.4 is 0 Å². The minimum absolute atomic E-state index is 0.494. The van der Waals surface area contributed by atoms with E-state index in [0.717, 1.165) is 12.0 Å². The average Bonchev–Trinajstić information content (AvgIpc) is 1.87. The van der Waals surface area contributed by atoms with Gasteiger partial charge in [-0.05, 0) is 27.7 Å². The van der Waals surface area contributed by atoms with Crippen LogP contribution in [0.25, 0.3) is 0 Å². The van der Waals surface area contributed by atoms with Crippen LogP contribution in [0.15, 0.2) is 0 Å². The van der Waals surface area contributed by atoms with Gasteiger partial charge in [0.25, 0.3) is 0 Å². The molecule has 0 aromatic heterocycles. The van der Waals surface area contributed by atoms with Gasteiger partial charge in [0, 0.05) is 0 Å². The van der Waals surface area contributed by atoms with Crippen molar-refractivity contribution in [2.45, 2.75) is 46.2 Å². The van der Waals surface area contributed by atoms with Crippen LogP contribution in [0.5, 0.6) is 0 Å². The molecule has 0 aromatic carbocycles. The van der Waals surface area contributed by atoms with Crippen molar-refractivity contribution in [2.75, 3.05) is 13.6 Å². The van der Waals surface area contributed by atoms with E-state index in [-0.39, 0.29) is 0 Å². The molecule has 1 rings (SSSR count). The summed E-state index contributed by atoms with van der Waals surface area (Å²) in [5, 5.41) is 0. The third-order valence-corrected chi connectivity index (χ3v) is 4.32. The van der Waals surface area contributed by atoms with Gasteiger partial charge in [-0.25, -0.2) is 0 Å². The quantitative estimate of drug-likeness (QED) is 0.511. The van der Waals surface area contributed by atoms with Gasteiger partial charge in [0.1, 0.15) is 5.54 Å². The lowest BCUT2D eigenvalue weighted by Gasteiger charge is -2.62. The van der Waals surface area contributed by atoms with Gasteiger partial charge in [-0.3, -0.25) is 0 Å². The number of quaternary nitrogens is 1. The molecule has 2 unspecified atom stereocenters. The van der Waals surface area contributed by atoms with Gasteiger partial charge in [-0.1, -0.05) is 6.92 Å². The maximum absolute atomic E-state index is 2.39. The Balaban J connectivity index is 2.78. The molecule has 1 nitrogen and oxygen atoms in total. The van der Waals surface area contributed by atoms with Gasteiger partial charge in [0.15, 0.2) is 0 Å².